The highest BCUT2D eigenvalue weighted by molar-refractivity contribution is 7.03. The van der Waals surface area contributed by atoms with E-state index in [1.54, 1.807) is 13.2 Å². The molecule has 0 unspecified atom stereocenters. The van der Waals surface area contributed by atoms with Crippen LogP contribution in [0, 0.1) is 6.92 Å². The second-order valence-electron chi connectivity index (χ2n) is 4.80. The van der Waals surface area contributed by atoms with Crippen LogP contribution >= 0.6 is 11.5 Å². The molecule has 112 valence electrons. The first-order chi connectivity index (χ1) is 10.7. The Morgan fingerprint density at radius 3 is 2.77 bits per heavy atom. The smallest absolute Gasteiger partial charge is 0.332 e. The van der Waals surface area contributed by atoms with Crippen LogP contribution in [-0.4, -0.2) is 16.1 Å². The summed E-state index contributed by atoms with van der Waals surface area (Å²) in [6, 6.07) is 15.2. The number of aryl methyl sites for hydroxylation is 1. The molecule has 22 heavy (non-hydrogen) atoms. The van der Waals surface area contributed by atoms with Gasteiger partial charge in [0.1, 0.15) is 5.75 Å². The van der Waals surface area contributed by atoms with Crippen LogP contribution in [0.15, 0.2) is 53.3 Å². The number of anilines is 2. The molecule has 0 aliphatic carbocycles. The summed E-state index contributed by atoms with van der Waals surface area (Å²) in [4.78, 5) is 12.0. The molecule has 0 saturated carbocycles. The maximum absolute atomic E-state index is 12.1. The third-order valence-electron chi connectivity index (χ3n) is 3.19. The van der Waals surface area contributed by atoms with Crippen LogP contribution in [-0.2, 0) is 0 Å². The van der Waals surface area contributed by atoms with Crippen molar-refractivity contribution in [3.63, 3.8) is 0 Å². The second kappa shape index (κ2) is 6.03. The summed E-state index contributed by atoms with van der Waals surface area (Å²) in [6.07, 6.45) is 0. The van der Waals surface area contributed by atoms with E-state index >= 15 is 0 Å². The normalized spacial score (nSPS) is 10.5. The van der Waals surface area contributed by atoms with Crippen LogP contribution in [0.25, 0.3) is 5.69 Å². The minimum Gasteiger partial charge on any atom is -0.497 e. The molecule has 0 aliphatic heterocycles. The van der Waals surface area contributed by atoms with Crippen LogP contribution in [0.1, 0.15) is 5.56 Å². The van der Waals surface area contributed by atoms with Gasteiger partial charge < -0.3 is 10.1 Å². The number of ether oxygens (including phenoxy) is 1. The van der Waals surface area contributed by atoms with Gasteiger partial charge in [0.15, 0.2) is 0 Å². The molecule has 1 aromatic heterocycles. The Balaban J connectivity index is 2.02. The van der Waals surface area contributed by atoms with E-state index in [0.29, 0.717) is 17.4 Å². The van der Waals surface area contributed by atoms with Crippen LogP contribution in [0.3, 0.4) is 0 Å². The quantitative estimate of drug-likeness (QED) is 0.802. The van der Waals surface area contributed by atoms with Crippen molar-refractivity contribution < 1.29 is 4.74 Å². The van der Waals surface area contributed by atoms with Crippen LogP contribution < -0.4 is 14.9 Å². The fourth-order valence-corrected chi connectivity index (χ4v) is 2.72. The van der Waals surface area contributed by atoms with Gasteiger partial charge in [0, 0.05) is 23.3 Å². The van der Waals surface area contributed by atoms with Crippen molar-refractivity contribution in [3.8, 4) is 11.4 Å². The lowest BCUT2D eigenvalue weighted by atomic mass is 10.2. The van der Waals surface area contributed by atoms with E-state index in [1.165, 1.54) is 4.57 Å². The average Bonchev–Trinajstić information content (AvgIpc) is 2.88. The molecule has 0 spiro atoms. The van der Waals surface area contributed by atoms with Crippen molar-refractivity contribution in [1.82, 2.24) is 8.94 Å². The van der Waals surface area contributed by atoms with Crippen molar-refractivity contribution in [2.75, 3.05) is 12.4 Å². The second-order valence-corrected chi connectivity index (χ2v) is 5.52. The van der Waals surface area contributed by atoms with Gasteiger partial charge in [-0.05, 0) is 36.8 Å². The predicted octanol–water partition coefficient (Wildman–Crippen LogP) is 3.35. The lowest BCUT2D eigenvalue weighted by Crippen LogP contribution is -2.13. The average molecular weight is 313 g/mol. The molecule has 5 nitrogen and oxygen atoms in total. The zero-order valence-corrected chi connectivity index (χ0v) is 13.1. The zero-order valence-electron chi connectivity index (χ0n) is 12.2. The minimum atomic E-state index is -0.150. The van der Waals surface area contributed by atoms with Gasteiger partial charge in [0.25, 0.3) is 0 Å². The van der Waals surface area contributed by atoms with E-state index in [4.69, 9.17) is 4.74 Å². The van der Waals surface area contributed by atoms with Gasteiger partial charge in [-0.3, -0.25) is 4.79 Å². The van der Waals surface area contributed by atoms with Crippen LogP contribution in [0.4, 0.5) is 11.6 Å². The summed E-state index contributed by atoms with van der Waals surface area (Å²) in [5.41, 5.74) is 2.74. The highest BCUT2D eigenvalue weighted by atomic mass is 32.1. The van der Waals surface area contributed by atoms with Gasteiger partial charge in [-0.2, -0.15) is 4.37 Å². The molecule has 2 aromatic carbocycles. The van der Waals surface area contributed by atoms with E-state index < -0.39 is 0 Å². The summed E-state index contributed by atoms with van der Waals surface area (Å²) in [7, 11) is 1.60. The molecule has 1 N–H and O–H groups in total. The first kappa shape index (κ1) is 14.3. The largest absolute Gasteiger partial charge is 0.497 e. The third-order valence-corrected chi connectivity index (χ3v) is 3.79. The van der Waals surface area contributed by atoms with E-state index in [0.717, 1.165) is 22.8 Å². The predicted molar refractivity (Wildman–Crippen MR) is 88.7 cm³/mol. The molecule has 6 heteroatoms. The fourth-order valence-electron chi connectivity index (χ4n) is 2.16. The molecular formula is C16H15N3O2S. The van der Waals surface area contributed by atoms with E-state index in [9.17, 15) is 4.79 Å². The van der Waals surface area contributed by atoms with Crippen molar-refractivity contribution in [2.24, 2.45) is 0 Å². The van der Waals surface area contributed by atoms with Crippen molar-refractivity contribution in [1.29, 1.82) is 0 Å². The Kier molecular flexibility index (Phi) is 3.93. The lowest BCUT2D eigenvalue weighted by molar-refractivity contribution is 0.414. The highest BCUT2D eigenvalue weighted by Gasteiger charge is 2.11. The number of hydrogen-bond acceptors (Lipinski definition) is 5. The van der Waals surface area contributed by atoms with Crippen molar-refractivity contribution >= 4 is 23.2 Å². The summed E-state index contributed by atoms with van der Waals surface area (Å²) in [5, 5.41) is 3.19. The fraction of sp³-hybridized carbons (Fsp3) is 0.125. The lowest BCUT2D eigenvalue weighted by Gasteiger charge is -2.10. The molecular weight excluding hydrogens is 298 g/mol. The number of aromatic nitrogens is 2. The standard InChI is InChI=1S/C16H15N3O2S/c1-11-5-3-6-12(9-11)17-15-18-22-16(20)19(15)13-7-4-8-14(10-13)21-2/h3-10H,1-2H3,(H,17,18). The molecule has 0 bridgehead atoms. The third kappa shape index (κ3) is 2.87. The maximum Gasteiger partial charge on any atom is 0.332 e. The monoisotopic (exact) mass is 313 g/mol. The van der Waals surface area contributed by atoms with E-state index in [-0.39, 0.29) is 4.87 Å². The molecule has 1 heterocycles. The summed E-state index contributed by atoms with van der Waals surface area (Å²) >= 11 is 0.917. The zero-order chi connectivity index (χ0) is 15.5. The van der Waals surface area contributed by atoms with Crippen molar-refractivity contribution in [2.45, 2.75) is 6.92 Å². The molecule has 0 aliphatic rings. The maximum atomic E-state index is 12.1. The van der Waals surface area contributed by atoms with Gasteiger partial charge in [-0.1, -0.05) is 18.2 Å². The van der Waals surface area contributed by atoms with Crippen LogP contribution in [0.5, 0.6) is 5.75 Å². The van der Waals surface area contributed by atoms with Gasteiger partial charge in [0.2, 0.25) is 5.95 Å². The Morgan fingerprint density at radius 2 is 2.00 bits per heavy atom. The van der Waals surface area contributed by atoms with E-state index in [2.05, 4.69) is 9.69 Å². The SMILES string of the molecule is COc1cccc(-n2c(Nc3cccc(C)c3)nsc2=O)c1. The number of benzene rings is 2. The topological polar surface area (TPSA) is 56.1 Å². The summed E-state index contributed by atoms with van der Waals surface area (Å²) < 4.78 is 11.0. The van der Waals surface area contributed by atoms with Gasteiger partial charge in [0.05, 0.1) is 12.8 Å². The molecule has 3 rings (SSSR count). The van der Waals surface area contributed by atoms with Gasteiger partial charge in [-0.25, -0.2) is 4.57 Å². The van der Waals surface area contributed by atoms with E-state index in [1.807, 2.05) is 49.4 Å². The Labute approximate surface area is 132 Å². The molecule has 0 amide bonds. The Hall–Kier alpha value is -2.60. The van der Waals surface area contributed by atoms with Crippen molar-refractivity contribution in [3.05, 3.63) is 63.8 Å². The molecule has 0 fully saturated rings. The molecule has 0 radical (unpaired) electrons. The Morgan fingerprint density at radius 1 is 1.18 bits per heavy atom. The molecule has 0 atom stereocenters. The first-order valence-electron chi connectivity index (χ1n) is 6.74. The molecule has 0 saturated heterocycles. The summed E-state index contributed by atoms with van der Waals surface area (Å²) in [6.45, 7) is 2.02. The molecule has 3 aromatic rings. The van der Waals surface area contributed by atoms with Crippen LogP contribution in [0.2, 0.25) is 0 Å². The number of nitrogens with zero attached hydrogens (tertiary/aromatic N) is 2. The number of rotatable bonds is 4. The van der Waals surface area contributed by atoms with Gasteiger partial charge in [-0.15, -0.1) is 0 Å². The van der Waals surface area contributed by atoms with Gasteiger partial charge >= 0.3 is 4.87 Å². The Bertz CT molecular complexity index is 854. The number of hydrogen-bond donors (Lipinski definition) is 1. The first-order valence-corrected chi connectivity index (χ1v) is 7.51. The summed E-state index contributed by atoms with van der Waals surface area (Å²) in [5.74, 6) is 1.19. The minimum absolute atomic E-state index is 0.150. The number of methoxy groups -OCH3 is 1. The number of nitrogens with one attached hydrogen (secondary N) is 1. The highest BCUT2D eigenvalue weighted by Crippen LogP contribution is 2.21.